The second kappa shape index (κ2) is 8.01. The van der Waals surface area contributed by atoms with E-state index in [0.29, 0.717) is 35.7 Å². The van der Waals surface area contributed by atoms with Crippen molar-refractivity contribution in [3.63, 3.8) is 0 Å². The molecule has 1 aromatic heterocycles. The van der Waals surface area contributed by atoms with E-state index in [2.05, 4.69) is 0 Å². The Morgan fingerprint density at radius 2 is 2.03 bits per heavy atom. The zero-order valence-corrected chi connectivity index (χ0v) is 16.4. The largest absolute Gasteiger partial charge is 0.497 e. The fourth-order valence-electron chi connectivity index (χ4n) is 3.50. The molecule has 150 valence electrons. The Labute approximate surface area is 169 Å². The summed E-state index contributed by atoms with van der Waals surface area (Å²) in [5, 5.41) is 10.6. The van der Waals surface area contributed by atoms with Gasteiger partial charge in [-0.15, -0.1) is 0 Å². The van der Waals surface area contributed by atoms with E-state index in [9.17, 15) is 9.90 Å². The number of anilines is 1. The first-order valence-corrected chi connectivity index (χ1v) is 9.57. The molecule has 2 heterocycles. The Hall–Kier alpha value is -3.25. The molecule has 3 aromatic rings. The maximum Gasteiger partial charge on any atom is 0.268 e. The number of furan rings is 1. The van der Waals surface area contributed by atoms with Gasteiger partial charge in [-0.1, -0.05) is 25.1 Å². The minimum absolute atomic E-state index is 0.104. The number of hydrogen-bond donors (Lipinski definition) is 1. The second-order valence-corrected chi connectivity index (χ2v) is 6.94. The zero-order valence-electron chi connectivity index (χ0n) is 16.4. The number of ether oxygens (including phenoxy) is 2. The summed E-state index contributed by atoms with van der Waals surface area (Å²) in [5.41, 5.74) is 2.20. The number of hydrogen-bond acceptors (Lipinski definition) is 5. The van der Waals surface area contributed by atoms with Gasteiger partial charge in [0, 0.05) is 0 Å². The Morgan fingerprint density at radius 1 is 1.17 bits per heavy atom. The summed E-state index contributed by atoms with van der Waals surface area (Å²) in [5.74, 6) is 1.69. The molecule has 1 aliphatic rings. The molecule has 2 aromatic carbocycles. The number of carbonyl (C=O) groups is 1. The van der Waals surface area contributed by atoms with Crippen LogP contribution in [0.5, 0.6) is 11.5 Å². The van der Waals surface area contributed by atoms with E-state index in [1.807, 2.05) is 31.2 Å². The van der Waals surface area contributed by atoms with Crippen LogP contribution in [0.15, 0.2) is 65.3 Å². The highest BCUT2D eigenvalue weighted by Gasteiger charge is 2.34. The highest BCUT2D eigenvalue weighted by atomic mass is 16.5. The van der Waals surface area contributed by atoms with Gasteiger partial charge in [0.15, 0.2) is 6.10 Å². The molecule has 0 spiro atoms. The van der Waals surface area contributed by atoms with Gasteiger partial charge in [-0.25, -0.2) is 0 Å². The summed E-state index contributed by atoms with van der Waals surface area (Å²) in [4.78, 5) is 14.8. The Kier molecular flexibility index (Phi) is 5.27. The quantitative estimate of drug-likeness (QED) is 0.683. The third-order valence-electron chi connectivity index (χ3n) is 5.06. The zero-order chi connectivity index (χ0) is 20.4. The Bertz CT molecular complexity index is 998. The van der Waals surface area contributed by atoms with Gasteiger partial charge in [-0.05, 0) is 53.9 Å². The van der Waals surface area contributed by atoms with E-state index >= 15 is 0 Å². The van der Waals surface area contributed by atoms with Crippen LogP contribution in [-0.2, 0) is 11.3 Å². The fraction of sp³-hybridized carbons (Fsp3) is 0.261. The molecule has 1 aliphatic heterocycles. The van der Waals surface area contributed by atoms with E-state index in [4.69, 9.17) is 13.9 Å². The van der Waals surface area contributed by atoms with Gasteiger partial charge in [0.25, 0.3) is 5.91 Å². The van der Waals surface area contributed by atoms with E-state index in [1.165, 1.54) is 6.26 Å². The van der Waals surface area contributed by atoms with Crippen LogP contribution in [0.4, 0.5) is 5.69 Å². The molecule has 6 nitrogen and oxygen atoms in total. The average molecular weight is 393 g/mol. The molecule has 0 saturated carbocycles. The lowest BCUT2D eigenvalue weighted by molar-refractivity contribution is -0.126. The number of fused-ring (bicyclic) bond motifs is 1. The van der Waals surface area contributed by atoms with Gasteiger partial charge in [-0.3, -0.25) is 4.79 Å². The molecular weight excluding hydrogens is 370 g/mol. The number of aliphatic hydroxyl groups excluding tert-OH is 1. The lowest BCUT2D eigenvalue weighted by Crippen LogP contribution is -2.45. The van der Waals surface area contributed by atoms with E-state index in [-0.39, 0.29) is 5.91 Å². The third kappa shape index (κ3) is 3.71. The van der Waals surface area contributed by atoms with Gasteiger partial charge in [-0.2, -0.15) is 0 Å². The summed E-state index contributed by atoms with van der Waals surface area (Å²) < 4.78 is 16.5. The van der Waals surface area contributed by atoms with Crippen molar-refractivity contribution in [1.29, 1.82) is 0 Å². The summed E-state index contributed by atoms with van der Waals surface area (Å²) in [6, 6.07) is 16.4. The van der Waals surface area contributed by atoms with Crippen LogP contribution in [0.3, 0.4) is 0 Å². The topological polar surface area (TPSA) is 72.1 Å². The first kappa shape index (κ1) is 19.1. The monoisotopic (exact) mass is 393 g/mol. The number of methoxy groups -OCH3 is 1. The van der Waals surface area contributed by atoms with Crippen LogP contribution in [-0.4, -0.2) is 24.2 Å². The fourth-order valence-corrected chi connectivity index (χ4v) is 3.50. The predicted octanol–water partition coefficient (Wildman–Crippen LogP) is 4.07. The van der Waals surface area contributed by atoms with Crippen molar-refractivity contribution in [1.82, 2.24) is 0 Å². The van der Waals surface area contributed by atoms with Crippen molar-refractivity contribution in [2.45, 2.75) is 32.1 Å². The van der Waals surface area contributed by atoms with Crippen molar-refractivity contribution in [2.24, 2.45) is 0 Å². The molecule has 0 fully saturated rings. The van der Waals surface area contributed by atoms with Crippen LogP contribution in [0.1, 0.15) is 36.3 Å². The van der Waals surface area contributed by atoms with Crippen molar-refractivity contribution in [2.75, 3.05) is 12.0 Å². The SMILES string of the molecule is CC[C@@H]1Oc2ccc([C@@H](O)c3ccco3)cc2N(Cc2cccc(OC)c2)C1=O. The van der Waals surface area contributed by atoms with Gasteiger partial charge < -0.3 is 23.9 Å². The molecule has 0 unspecified atom stereocenters. The van der Waals surface area contributed by atoms with Crippen LogP contribution >= 0.6 is 0 Å². The summed E-state index contributed by atoms with van der Waals surface area (Å²) >= 11 is 0. The molecule has 4 rings (SSSR count). The predicted molar refractivity (Wildman–Crippen MR) is 108 cm³/mol. The van der Waals surface area contributed by atoms with Gasteiger partial charge >= 0.3 is 0 Å². The van der Waals surface area contributed by atoms with Gasteiger partial charge in [0.05, 0.1) is 25.6 Å². The third-order valence-corrected chi connectivity index (χ3v) is 5.06. The molecule has 0 saturated heterocycles. The van der Waals surface area contributed by atoms with E-state index in [0.717, 1.165) is 11.3 Å². The summed E-state index contributed by atoms with van der Waals surface area (Å²) in [6.07, 6.45) is 0.635. The molecule has 0 aliphatic carbocycles. The molecule has 1 amide bonds. The normalized spacial score (nSPS) is 16.9. The molecule has 0 radical (unpaired) electrons. The summed E-state index contributed by atoms with van der Waals surface area (Å²) in [7, 11) is 1.61. The molecule has 0 bridgehead atoms. The minimum Gasteiger partial charge on any atom is -0.497 e. The number of amides is 1. The maximum atomic E-state index is 13.1. The molecule has 2 atom stereocenters. The first-order valence-electron chi connectivity index (χ1n) is 9.57. The van der Waals surface area contributed by atoms with Gasteiger partial charge in [0.1, 0.15) is 23.4 Å². The summed E-state index contributed by atoms with van der Waals surface area (Å²) in [6.45, 7) is 2.30. The average Bonchev–Trinajstić information content (AvgIpc) is 3.29. The van der Waals surface area contributed by atoms with Crippen molar-refractivity contribution >= 4 is 11.6 Å². The van der Waals surface area contributed by atoms with Crippen molar-refractivity contribution in [3.05, 3.63) is 77.7 Å². The lowest BCUT2D eigenvalue weighted by atomic mass is 10.0. The van der Waals surface area contributed by atoms with Crippen LogP contribution < -0.4 is 14.4 Å². The van der Waals surface area contributed by atoms with E-state index < -0.39 is 12.2 Å². The Morgan fingerprint density at radius 3 is 2.76 bits per heavy atom. The number of aliphatic hydroxyl groups is 1. The molecule has 1 N–H and O–H groups in total. The van der Waals surface area contributed by atoms with Gasteiger partial charge in [0.2, 0.25) is 0 Å². The first-order chi connectivity index (χ1) is 14.1. The number of nitrogens with zero attached hydrogens (tertiary/aromatic N) is 1. The number of rotatable bonds is 6. The van der Waals surface area contributed by atoms with E-state index in [1.54, 1.807) is 42.3 Å². The van der Waals surface area contributed by atoms with Crippen LogP contribution in [0.25, 0.3) is 0 Å². The smallest absolute Gasteiger partial charge is 0.268 e. The Balaban J connectivity index is 1.72. The van der Waals surface area contributed by atoms with Crippen LogP contribution in [0.2, 0.25) is 0 Å². The molecular formula is C23H23NO5. The van der Waals surface area contributed by atoms with Crippen LogP contribution in [0, 0.1) is 0 Å². The highest BCUT2D eigenvalue weighted by Crippen LogP contribution is 2.39. The van der Waals surface area contributed by atoms with Crippen molar-refractivity contribution in [3.8, 4) is 11.5 Å². The minimum atomic E-state index is -0.923. The second-order valence-electron chi connectivity index (χ2n) is 6.94. The molecule has 29 heavy (non-hydrogen) atoms. The highest BCUT2D eigenvalue weighted by molar-refractivity contribution is 6.00. The lowest BCUT2D eigenvalue weighted by Gasteiger charge is -2.34. The molecule has 6 heteroatoms. The number of benzene rings is 2. The standard InChI is InChI=1S/C23H23NO5/c1-3-19-23(26)24(14-15-6-4-7-17(12-15)27-2)18-13-16(9-10-20(18)29-19)22(25)21-8-5-11-28-21/h4-13,19,22,25H,3,14H2,1-2H3/t19-,22+/m0/s1. The number of carbonyl (C=O) groups excluding carboxylic acids is 1. The maximum absolute atomic E-state index is 13.1. The van der Waals surface area contributed by atoms with Crippen molar-refractivity contribution < 1.29 is 23.8 Å².